The van der Waals surface area contributed by atoms with Gasteiger partial charge in [-0.2, -0.15) is 0 Å². The number of nitrogens with zero attached hydrogens (tertiary/aromatic N) is 1. The Hall–Kier alpha value is -1.58. The molecule has 1 saturated heterocycles. The van der Waals surface area contributed by atoms with Gasteiger partial charge in [-0.1, -0.05) is 0 Å². The smallest absolute Gasteiger partial charge is 0.478 e. The molecule has 0 unspecified atom stereocenters. The predicted octanol–water partition coefficient (Wildman–Crippen LogP) is 2.63. The largest absolute Gasteiger partial charge is 1.00 e. The van der Waals surface area contributed by atoms with Crippen LogP contribution in [0.5, 0.6) is 0 Å². The lowest BCUT2D eigenvalue weighted by atomic mass is 10.1. The van der Waals surface area contributed by atoms with Crippen molar-refractivity contribution in [2.45, 2.75) is 19.3 Å². The summed E-state index contributed by atoms with van der Waals surface area (Å²) in [6.07, 6.45) is 3.43. The Morgan fingerprint density at radius 2 is 2.00 bits per heavy atom. The summed E-state index contributed by atoms with van der Waals surface area (Å²) in [6.45, 7) is 1.84. The molecule has 1 heterocycles. The fourth-order valence-corrected chi connectivity index (χ4v) is 2.03. The third-order valence-electron chi connectivity index (χ3n) is 2.90. The van der Waals surface area contributed by atoms with Crippen molar-refractivity contribution in [2.75, 3.05) is 18.0 Å². The van der Waals surface area contributed by atoms with Crippen molar-refractivity contribution in [2.24, 2.45) is 0 Å². The topological polar surface area (TPSA) is 40.5 Å². The van der Waals surface area contributed by atoms with Gasteiger partial charge in [0.05, 0.1) is 5.56 Å². The van der Waals surface area contributed by atoms with Crippen LogP contribution in [0.25, 0.3) is 0 Å². The number of hydrogen-bond acceptors (Lipinski definition) is 2. The Balaban J connectivity index is 0.00000144. The number of anilines is 1. The van der Waals surface area contributed by atoms with Gasteiger partial charge in [0.2, 0.25) is 0 Å². The first-order valence-electron chi connectivity index (χ1n) is 5.46. The van der Waals surface area contributed by atoms with Crippen molar-refractivity contribution in [1.82, 2.24) is 0 Å². The maximum absolute atomic E-state index is 13.2. The van der Waals surface area contributed by atoms with Gasteiger partial charge in [-0.05, 0) is 37.5 Å². The SMILES string of the molecule is O=C(O)c1cc(N2CCCCC2)ccc1F.[H+]. The zero-order valence-electron chi connectivity index (χ0n) is 9.95. The first kappa shape index (κ1) is 10.9. The highest BCUT2D eigenvalue weighted by molar-refractivity contribution is 5.89. The van der Waals surface area contributed by atoms with Crippen LogP contribution in [-0.2, 0) is 0 Å². The van der Waals surface area contributed by atoms with Crippen LogP contribution in [0.1, 0.15) is 31.0 Å². The van der Waals surface area contributed by atoms with E-state index in [4.69, 9.17) is 5.11 Å². The Morgan fingerprint density at radius 3 is 2.62 bits per heavy atom. The summed E-state index contributed by atoms with van der Waals surface area (Å²) in [5, 5.41) is 8.83. The number of carbonyl (C=O) groups is 1. The van der Waals surface area contributed by atoms with E-state index in [9.17, 15) is 9.18 Å². The molecule has 0 amide bonds. The molecule has 0 radical (unpaired) electrons. The van der Waals surface area contributed by atoms with E-state index in [0.29, 0.717) is 0 Å². The van der Waals surface area contributed by atoms with Gasteiger partial charge < -0.3 is 10.0 Å². The van der Waals surface area contributed by atoms with E-state index in [1.807, 2.05) is 0 Å². The Morgan fingerprint density at radius 1 is 1.31 bits per heavy atom. The molecule has 0 saturated carbocycles. The number of carboxylic acid groups (broad SMARTS) is 1. The fraction of sp³-hybridized carbons (Fsp3) is 0.417. The first-order chi connectivity index (χ1) is 7.68. The predicted molar refractivity (Wildman–Crippen MR) is 60.5 cm³/mol. The van der Waals surface area contributed by atoms with Gasteiger partial charge in [0.1, 0.15) is 5.82 Å². The number of aromatic carboxylic acids is 1. The number of piperidine rings is 1. The summed E-state index contributed by atoms with van der Waals surface area (Å²) in [5.41, 5.74) is 0.557. The number of hydrogen-bond donors (Lipinski definition) is 1. The van der Waals surface area contributed by atoms with Crippen molar-refractivity contribution in [1.29, 1.82) is 0 Å². The van der Waals surface area contributed by atoms with Crippen LogP contribution in [0.2, 0.25) is 0 Å². The minimum Gasteiger partial charge on any atom is -0.478 e. The lowest BCUT2D eigenvalue weighted by molar-refractivity contribution is 0.0692. The Labute approximate surface area is 95.0 Å². The van der Waals surface area contributed by atoms with Crippen LogP contribution < -0.4 is 4.90 Å². The minimum absolute atomic E-state index is 0. The third kappa shape index (κ3) is 2.15. The molecule has 1 aliphatic rings. The van der Waals surface area contributed by atoms with E-state index in [1.165, 1.54) is 18.6 Å². The Bertz CT molecular complexity index is 405. The fourth-order valence-electron chi connectivity index (χ4n) is 2.03. The van der Waals surface area contributed by atoms with Gasteiger partial charge in [0, 0.05) is 18.8 Å². The average Bonchev–Trinajstić information content (AvgIpc) is 2.30. The monoisotopic (exact) mass is 224 g/mol. The van der Waals surface area contributed by atoms with Crippen molar-refractivity contribution in [3.63, 3.8) is 0 Å². The lowest BCUT2D eigenvalue weighted by Gasteiger charge is -2.29. The molecule has 1 fully saturated rings. The van der Waals surface area contributed by atoms with Crippen molar-refractivity contribution in [3.05, 3.63) is 29.6 Å². The average molecular weight is 224 g/mol. The van der Waals surface area contributed by atoms with Crippen molar-refractivity contribution < 1.29 is 15.7 Å². The molecule has 0 spiro atoms. The van der Waals surface area contributed by atoms with Crippen LogP contribution >= 0.6 is 0 Å². The highest BCUT2D eigenvalue weighted by Crippen LogP contribution is 2.22. The molecule has 0 atom stereocenters. The summed E-state index contributed by atoms with van der Waals surface area (Å²) >= 11 is 0. The van der Waals surface area contributed by atoms with Crippen LogP contribution in [0, 0.1) is 5.82 Å². The first-order valence-corrected chi connectivity index (χ1v) is 5.46. The number of carboxylic acids is 1. The van der Waals surface area contributed by atoms with Crippen molar-refractivity contribution in [3.8, 4) is 0 Å². The van der Waals surface area contributed by atoms with Crippen LogP contribution in [0.15, 0.2) is 18.2 Å². The van der Waals surface area contributed by atoms with Gasteiger partial charge in [-0.15, -0.1) is 0 Å². The van der Waals surface area contributed by atoms with E-state index in [1.54, 1.807) is 6.07 Å². The molecule has 1 N–H and O–H groups in total. The molecular weight excluding hydrogens is 209 g/mol. The normalized spacial score (nSPS) is 16.2. The molecule has 2 rings (SSSR count). The number of rotatable bonds is 2. The highest BCUT2D eigenvalue weighted by atomic mass is 19.1. The van der Waals surface area contributed by atoms with Gasteiger partial charge in [0.15, 0.2) is 0 Å². The van der Waals surface area contributed by atoms with E-state index in [2.05, 4.69) is 4.90 Å². The van der Waals surface area contributed by atoms with E-state index in [0.717, 1.165) is 31.6 Å². The van der Waals surface area contributed by atoms with Gasteiger partial charge >= 0.3 is 7.40 Å². The zero-order chi connectivity index (χ0) is 11.5. The van der Waals surface area contributed by atoms with Crippen LogP contribution in [-0.4, -0.2) is 24.2 Å². The summed E-state index contributed by atoms with van der Waals surface area (Å²) in [5.74, 6) is -1.88. The molecule has 0 aliphatic carbocycles. The van der Waals surface area contributed by atoms with E-state index < -0.39 is 11.8 Å². The molecular formula is C12H15FNO2+. The molecule has 16 heavy (non-hydrogen) atoms. The molecule has 3 nitrogen and oxygen atoms in total. The van der Waals surface area contributed by atoms with Crippen LogP contribution in [0.3, 0.4) is 0 Å². The summed E-state index contributed by atoms with van der Waals surface area (Å²) in [7, 11) is 0. The van der Waals surface area contributed by atoms with Crippen molar-refractivity contribution >= 4 is 11.7 Å². The minimum atomic E-state index is -1.21. The second kappa shape index (κ2) is 4.51. The lowest BCUT2D eigenvalue weighted by Crippen LogP contribution is -2.29. The van der Waals surface area contributed by atoms with E-state index >= 15 is 0 Å². The molecule has 1 aromatic carbocycles. The molecule has 1 aromatic rings. The molecule has 86 valence electrons. The number of halogens is 1. The second-order valence-electron chi connectivity index (χ2n) is 4.02. The van der Waals surface area contributed by atoms with Gasteiger partial charge in [0.25, 0.3) is 0 Å². The summed E-state index contributed by atoms with van der Waals surface area (Å²) in [6, 6.07) is 4.30. The second-order valence-corrected chi connectivity index (χ2v) is 4.02. The quantitative estimate of drug-likeness (QED) is 0.839. The maximum atomic E-state index is 13.2. The molecule has 4 heteroatoms. The van der Waals surface area contributed by atoms with Gasteiger partial charge in [-0.25, -0.2) is 9.18 Å². The highest BCUT2D eigenvalue weighted by Gasteiger charge is 2.15. The Kier molecular flexibility index (Phi) is 3.08. The molecule has 1 aliphatic heterocycles. The molecule has 0 aromatic heterocycles. The summed E-state index contributed by atoms with van der Waals surface area (Å²) < 4.78 is 13.2. The molecule has 0 bridgehead atoms. The third-order valence-corrected chi connectivity index (χ3v) is 2.90. The standard InChI is InChI=1S/C12H14FNO2/c13-11-5-4-9(8-10(11)12(15)16)14-6-2-1-3-7-14/h4-5,8H,1-3,6-7H2,(H,15,16)/p+1. The summed E-state index contributed by atoms with van der Waals surface area (Å²) in [4.78, 5) is 12.9. The zero-order valence-corrected chi connectivity index (χ0v) is 8.95. The number of benzene rings is 1. The van der Waals surface area contributed by atoms with E-state index in [-0.39, 0.29) is 6.99 Å². The van der Waals surface area contributed by atoms with Crippen LogP contribution in [0.4, 0.5) is 10.1 Å². The van der Waals surface area contributed by atoms with Gasteiger partial charge in [-0.3, -0.25) is 0 Å². The maximum Gasteiger partial charge on any atom is 1.00 e.